The van der Waals surface area contributed by atoms with E-state index >= 15 is 0 Å². The molecule has 0 radical (unpaired) electrons. The molecule has 0 aromatic carbocycles. The average molecular weight is 150 g/mol. The number of carbonyl (C=O) groups is 1. The summed E-state index contributed by atoms with van der Waals surface area (Å²) < 4.78 is 23.6. The van der Waals surface area contributed by atoms with E-state index in [0.717, 1.165) is 0 Å². The highest BCUT2D eigenvalue weighted by Crippen LogP contribution is 2.46. The second-order valence-corrected chi connectivity index (χ2v) is 2.50. The molecule has 0 spiro atoms. The number of halogens is 2. The van der Waals surface area contributed by atoms with Crippen LogP contribution >= 0.6 is 0 Å². The fraction of sp³-hybridized carbons (Fsp3) is 0.833. The van der Waals surface area contributed by atoms with Crippen molar-refractivity contribution < 1.29 is 18.7 Å². The Morgan fingerprint density at radius 3 is 1.80 bits per heavy atom. The number of alkyl halides is 2. The van der Waals surface area contributed by atoms with E-state index in [1.54, 1.807) is 0 Å². The predicted octanol–water partition coefficient (Wildman–Crippen LogP) is 0.872. The van der Waals surface area contributed by atoms with Crippen molar-refractivity contribution in [2.45, 2.75) is 0 Å². The second-order valence-electron chi connectivity index (χ2n) is 2.50. The maximum atomic E-state index is 11.8. The summed E-state index contributed by atoms with van der Waals surface area (Å²) >= 11 is 0. The molecule has 1 aliphatic rings. The number of carboxylic acids is 1. The lowest BCUT2D eigenvalue weighted by Crippen LogP contribution is -2.01. The molecule has 0 bridgehead atoms. The van der Waals surface area contributed by atoms with Gasteiger partial charge in [0.2, 0.25) is 0 Å². The molecule has 1 unspecified atom stereocenters. The van der Waals surface area contributed by atoms with Crippen molar-refractivity contribution in [1.82, 2.24) is 0 Å². The minimum absolute atomic E-state index is 0.567. The van der Waals surface area contributed by atoms with Crippen molar-refractivity contribution in [1.29, 1.82) is 0 Å². The van der Waals surface area contributed by atoms with Crippen molar-refractivity contribution in [3.8, 4) is 0 Å². The van der Waals surface area contributed by atoms with Crippen molar-refractivity contribution in [2.75, 3.05) is 13.3 Å². The standard InChI is InChI=1S/C6H8F2O2/c7-1-3-4(2-8)5(3)6(9)10/h3-5H,1-2H2,(H,9,10)/t3-,4+,5?. The summed E-state index contributed by atoms with van der Waals surface area (Å²) in [5.41, 5.74) is 0. The lowest BCUT2D eigenvalue weighted by atomic mass is 10.3. The van der Waals surface area contributed by atoms with Crippen LogP contribution in [0.2, 0.25) is 0 Å². The summed E-state index contributed by atoms with van der Waals surface area (Å²) in [6.45, 7) is -1.43. The SMILES string of the molecule is O=C(O)C1[C@@H](CF)[C@H]1CF. The average Bonchev–Trinajstić information content (AvgIpc) is 2.60. The highest BCUT2D eigenvalue weighted by Gasteiger charge is 2.55. The molecular formula is C6H8F2O2. The number of aliphatic carboxylic acids is 1. The van der Waals surface area contributed by atoms with Gasteiger partial charge in [0.25, 0.3) is 0 Å². The number of carboxylic acid groups (broad SMARTS) is 1. The minimum Gasteiger partial charge on any atom is -0.481 e. The molecule has 1 rings (SSSR count). The molecule has 0 aromatic rings. The van der Waals surface area contributed by atoms with Crippen molar-refractivity contribution >= 4 is 5.97 Å². The van der Waals surface area contributed by atoms with E-state index in [0.29, 0.717) is 0 Å². The van der Waals surface area contributed by atoms with Crippen LogP contribution in [0.5, 0.6) is 0 Å². The normalized spacial score (nSPS) is 37.6. The highest BCUT2D eigenvalue weighted by molar-refractivity contribution is 5.74. The monoisotopic (exact) mass is 150 g/mol. The van der Waals surface area contributed by atoms with Crippen molar-refractivity contribution in [2.24, 2.45) is 17.8 Å². The lowest BCUT2D eigenvalue weighted by Gasteiger charge is -1.83. The zero-order chi connectivity index (χ0) is 7.72. The van der Waals surface area contributed by atoms with E-state index in [1.807, 2.05) is 0 Å². The van der Waals surface area contributed by atoms with Gasteiger partial charge < -0.3 is 5.11 Å². The zero-order valence-electron chi connectivity index (χ0n) is 5.26. The molecule has 10 heavy (non-hydrogen) atoms. The van der Waals surface area contributed by atoms with Crippen LogP contribution in [0.15, 0.2) is 0 Å². The number of hydrogen-bond donors (Lipinski definition) is 1. The molecule has 4 heteroatoms. The van der Waals surface area contributed by atoms with E-state index in [9.17, 15) is 13.6 Å². The number of hydrogen-bond acceptors (Lipinski definition) is 1. The van der Waals surface area contributed by atoms with Crippen LogP contribution in [0.25, 0.3) is 0 Å². The van der Waals surface area contributed by atoms with Crippen LogP contribution in [-0.2, 0) is 4.79 Å². The molecule has 1 aliphatic carbocycles. The van der Waals surface area contributed by atoms with E-state index in [1.165, 1.54) is 0 Å². The molecule has 0 saturated heterocycles. The summed E-state index contributed by atoms with van der Waals surface area (Å²) in [6, 6.07) is 0. The summed E-state index contributed by atoms with van der Waals surface area (Å²) in [7, 11) is 0. The molecule has 0 amide bonds. The largest absolute Gasteiger partial charge is 0.481 e. The second kappa shape index (κ2) is 2.52. The molecule has 3 atom stereocenters. The Morgan fingerprint density at radius 1 is 1.30 bits per heavy atom. The smallest absolute Gasteiger partial charge is 0.307 e. The summed E-state index contributed by atoms with van der Waals surface area (Å²) in [5, 5.41) is 8.32. The van der Waals surface area contributed by atoms with E-state index < -0.39 is 37.1 Å². The van der Waals surface area contributed by atoms with E-state index in [-0.39, 0.29) is 0 Å². The van der Waals surface area contributed by atoms with Gasteiger partial charge in [0.1, 0.15) is 0 Å². The van der Waals surface area contributed by atoms with Gasteiger partial charge in [-0.05, 0) is 0 Å². The van der Waals surface area contributed by atoms with Crippen LogP contribution in [0.1, 0.15) is 0 Å². The Hall–Kier alpha value is -0.670. The van der Waals surface area contributed by atoms with Gasteiger partial charge in [-0.1, -0.05) is 0 Å². The Morgan fingerprint density at radius 2 is 1.70 bits per heavy atom. The van der Waals surface area contributed by atoms with Gasteiger partial charge in [-0.15, -0.1) is 0 Å². The first-order chi connectivity index (χ1) is 4.72. The molecular weight excluding hydrogens is 142 g/mol. The molecule has 0 heterocycles. The third-order valence-electron chi connectivity index (χ3n) is 1.97. The van der Waals surface area contributed by atoms with Crippen molar-refractivity contribution in [3.63, 3.8) is 0 Å². The van der Waals surface area contributed by atoms with Gasteiger partial charge in [-0.25, -0.2) is 0 Å². The first-order valence-electron chi connectivity index (χ1n) is 3.07. The summed E-state index contributed by atoms with van der Waals surface area (Å²) in [5.74, 6) is -2.98. The van der Waals surface area contributed by atoms with Gasteiger partial charge in [0.05, 0.1) is 19.3 Å². The Kier molecular flexibility index (Phi) is 1.87. The topological polar surface area (TPSA) is 37.3 Å². The Balaban J connectivity index is 2.44. The first-order valence-corrected chi connectivity index (χ1v) is 3.07. The maximum absolute atomic E-state index is 11.8. The maximum Gasteiger partial charge on any atom is 0.307 e. The summed E-state index contributed by atoms with van der Waals surface area (Å²) in [6.07, 6.45) is 0. The van der Waals surface area contributed by atoms with Gasteiger partial charge in [0, 0.05) is 11.8 Å². The van der Waals surface area contributed by atoms with Crippen LogP contribution in [-0.4, -0.2) is 24.4 Å². The molecule has 0 aromatic heterocycles. The van der Waals surface area contributed by atoms with Crippen LogP contribution in [0.3, 0.4) is 0 Å². The first kappa shape index (κ1) is 7.44. The van der Waals surface area contributed by atoms with E-state index in [4.69, 9.17) is 5.11 Å². The lowest BCUT2D eigenvalue weighted by molar-refractivity contribution is -0.139. The third kappa shape index (κ3) is 0.978. The molecule has 58 valence electrons. The van der Waals surface area contributed by atoms with Gasteiger partial charge in [-0.3, -0.25) is 13.6 Å². The molecule has 0 aliphatic heterocycles. The summed E-state index contributed by atoms with van der Waals surface area (Å²) in [4.78, 5) is 10.2. The van der Waals surface area contributed by atoms with Crippen LogP contribution < -0.4 is 0 Å². The third-order valence-corrected chi connectivity index (χ3v) is 1.97. The molecule has 1 fully saturated rings. The van der Waals surface area contributed by atoms with Gasteiger partial charge in [-0.2, -0.15) is 0 Å². The fourth-order valence-electron chi connectivity index (χ4n) is 1.23. The fourth-order valence-corrected chi connectivity index (χ4v) is 1.23. The quantitative estimate of drug-likeness (QED) is 0.648. The van der Waals surface area contributed by atoms with Gasteiger partial charge in [0.15, 0.2) is 0 Å². The molecule has 2 nitrogen and oxygen atoms in total. The van der Waals surface area contributed by atoms with E-state index in [2.05, 4.69) is 0 Å². The zero-order valence-corrected chi connectivity index (χ0v) is 5.26. The Labute approximate surface area is 56.8 Å². The highest BCUT2D eigenvalue weighted by atomic mass is 19.1. The predicted molar refractivity (Wildman–Crippen MR) is 30.1 cm³/mol. The van der Waals surface area contributed by atoms with Crippen LogP contribution in [0.4, 0.5) is 8.78 Å². The van der Waals surface area contributed by atoms with Gasteiger partial charge >= 0.3 is 5.97 Å². The number of rotatable bonds is 3. The van der Waals surface area contributed by atoms with Crippen LogP contribution in [0, 0.1) is 17.8 Å². The molecule has 1 saturated carbocycles. The Bertz CT molecular complexity index is 139. The van der Waals surface area contributed by atoms with Crippen molar-refractivity contribution in [3.05, 3.63) is 0 Å². The molecule has 1 N–H and O–H groups in total. The minimum atomic E-state index is -1.08.